The van der Waals surface area contributed by atoms with Crippen LogP contribution in [0.2, 0.25) is 0 Å². The molecule has 1 aromatic carbocycles. The van der Waals surface area contributed by atoms with Gasteiger partial charge in [0.2, 0.25) is 23.6 Å². The maximum absolute atomic E-state index is 14.1. The third-order valence-corrected chi connectivity index (χ3v) is 7.95. The fraction of sp³-hybridized carbons (Fsp3) is 0.548. The number of nitrogens with one attached hydrogen (secondary N) is 3. The van der Waals surface area contributed by atoms with Gasteiger partial charge in [0.05, 0.1) is 24.9 Å². The topological polar surface area (TPSA) is 315 Å². The smallest absolute Gasteiger partial charge is 0.330 e. The third-order valence-electron chi connectivity index (χ3n) is 7.95. The average molecular weight is 692 g/mol. The highest BCUT2D eigenvalue weighted by atomic mass is 16.4. The molecule has 6 amide bonds. The standard InChI is InChI=1S/C31H45N7O11/c1-14(2)23(36-26(44)18(32)11-16-5-7-17(39)8-6-16)27(45)37-24(15(3)4)29(47)38(31(9-10-31)30(48)49)28(46)20(13-22(41)42)35-25(43)19(33)12-21(34)40/h5-8,14-15,18-20,23-24,39H,9-13,32-33H2,1-4H3,(H2,34,40)(H,35,43)(H,36,44)(H,37,45)(H,41,42)(H,48,49)/t18-,19-,20-,23-,24-/m0/s1. The molecule has 0 spiro atoms. The van der Waals surface area contributed by atoms with Crippen LogP contribution in [0.4, 0.5) is 0 Å². The molecule has 49 heavy (non-hydrogen) atoms. The Morgan fingerprint density at radius 2 is 1.27 bits per heavy atom. The van der Waals surface area contributed by atoms with Gasteiger partial charge in [-0.15, -0.1) is 0 Å². The van der Waals surface area contributed by atoms with Crippen molar-refractivity contribution < 1.29 is 53.7 Å². The number of carbonyl (C=O) groups is 8. The van der Waals surface area contributed by atoms with E-state index in [1.165, 1.54) is 26.0 Å². The van der Waals surface area contributed by atoms with Crippen molar-refractivity contribution in [3.8, 4) is 5.75 Å². The zero-order valence-electron chi connectivity index (χ0n) is 27.7. The van der Waals surface area contributed by atoms with Gasteiger partial charge in [-0.25, -0.2) is 4.79 Å². The number of nitrogens with zero attached hydrogens (tertiary/aromatic N) is 1. The summed E-state index contributed by atoms with van der Waals surface area (Å²) in [6.45, 7) is 6.23. The molecule has 1 saturated carbocycles. The van der Waals surface area contributed by atoms with Crippen molar-refractivity contribution in [3.05, 3.63) is 29.8 Å². The van der Waals surface area contributed by atoms with Crippen molar-refractivity contribution >= 4 is 47.4 Å². The minimum atomic E-state index is -2.10. The quantitative estimate of drug-likeness (QED) is 0.0782. The molecule has 1 aliphatic carbocycles. The highest BCUT2D eigenvalue weighted by Gasteiger charge is 2.61. The molecule has 5 atom stereocenters. The van der Waals surface area contributed by atoms with E-state index >= 15 is 0 Å². The van der Waals surface area contributed by atoms with Crippen LogP contribution in [0.5, 0.6) is 5.75 Å². The fourth-order valence-electron chi connectivity index (χ4n) is 4.97. The lowest BCUT2D eigenvalue weighted by atomic mass is 9.97. The Balaban J connectivity index is 2.38. The van der Waals surface area contributed by atoms with Crippen molar-refractivity contribution in [2.24, 2.45) is 29.0 Å². The van der Waals surface area contributed by atoms with E-state index in [1.54, 1.807) is 26.0 Å². The van der Waals surface area contributed by atoms with Gasteiger partial charge in [0.15, 0.2) is 0 Å². The lowest BCUT2D eigenvalue weighted by Crippen LogP contribution is -2.64. The van der Waals surface area contributed by atoms with Crippen LogP contribution in [-0.2, 0) is 44.8 Å². The summed E-state index contributed by atoms with van der Waals surface area (Å²) in [6, 6.07) is -1.47. The van der Waals surface area contributed by atoms with Crippen molar-refractivity contribution in [1.82, 2.24) is 20.9 Å². The van der Waals surface area contributed by atoms with Crippen LogP contribution in [0.1, 0.15) is 58.9 Å². The van der Waals surface area contributed by atoms with E-state index in [9.17, 15) is 53.7 Å². The van der Waals surface area contributed by atoms with Gasteiger partial charge in [-0.2, -0.15) is 0 Å². The molecule has 1 aromatic rings. The molecule has 0 saturated heterocycles. The number of benzene rings is 1. The predicted molar refractivity (Wildman–Crippen MR) is 171 cm³/mol. The summed E-state index contributed by atoms with van der Waals surface area (Å²) in [7, 11) is 0. The minimum absolute atomic E-state index is 0.0235. The largest absolute Gasteiger partial charge is 0.508 e. The van der Waals surface area contributed by atoms with E-state index in [4.69, 9.17) is 17.2 Å². The Morgan fingerprint density at radius 3 is 1.71 bits per heavy atom. The number of nitrogens with two attached hydrogens (primary N) is 3. The molecular formula is C31H45N7O11. The van der Waals surface area contributed by atoms with Crippen molar-refractivity contribution in [2.75, 3.05) is 0 Å². The molecule has 0 unspecified atom stereocenters. The predicted octanol–water partition coefficient (Wildman–Crippen LogP) is -2.32. The van der Waals surface area contributed by atoms with Crippen LogP contribution in [0, 0.1) is 11.8 Å². The van der Waals surface area contributed by atoms with Crippen molar-refractivity contribution in [2.45, 2.75) is 95.5 Å². The molecule has 1 aliphatic rings. The highest BCUT2D eigenvalue weighted by Crippen LogP contribution is 2.43. The number of imide groups is 1. The van der Waals surface area contributed by atoms with Gasteiger partial charge in [-0.3, -0.25) is 38.5 Å². The number of aliphatic carboxylic acids is 2. The Hall–Kier alpha value is -5.10. The zero-order chi connectivity index (χ0) is 37.4. The molecule has 270 valence electrons. The maximum atomic E-state index is 14.1. The summed E-state index contributed by atoms with van der Waals surface area (Å²) in [6.07, 6.45) is -2.06. The summed E-state index contributed by atoms with van der Waals surface area (Å²) in [5.74, 6) is -10.7. The number of amides is 6. The number of hydrogen-bond acceptors (Lipinski definition) is 11. The summed E-state index contributed by atoms with van der Waals surface area (Å²) < 4.78 is 0. The van der Waals surface area contributed by atoms with Gasteiger partial charge in [-0.1, -0.05) is 39.8 Å². The lowest BCUT2D eigenvalue weighted by Gasteiger charge is -2.35. The first-order valence-electron chi connectivity index (χ1n) is 15.5. The van der Waals surface area contributed by atoms with E-state index in [0.717, 1.165) is 0 Å². The fourth-order valence-corrected chi connectivity index (χ4v) is 4.97. The van der Waals surface area contributed by atoms with E-state index in [1.807, 2.05) is 0 Å². The van der Waals surface area contributed by atoms with Gasteiger partial charge < -0.3 is 48.5 Å². The number of phenols is 1. The van der Waals surface area contributed by atoms with Crippen LogP contribution in [0.15, 0.2) is 24.3 Å². The summed E-state index contributed by atoms with van der Waals surface area (Å²) in [5, 5.41) is 36.1. The summed E-state index contributed by atoms with van der Waals surface area (Å²) in [4.78, 5) is 103. The van der Waals surface area contributed by atoms with Crippen LogP contribution < -0.4 is 33.2 Å². The van der Waals surface area contributed by atoms with Gasteiger partial charge in [0, 0.05) is 0 Å². The Bertz CT molecular complexity index is 1440. The normalized spacial score (nSPS) is 16.3. The van der Waals surface area contributed by atoms with Gasteiger partial charge in [0.25, 0.3) is 11.8 Å². The van der Waals surface area contributed by atoms with Gasteiger partial charge >= 0.3 is 11.9 Å². The second-order valence-corrected chi connectivity index (χ2v) is 12.7. The molecule has 0 radical (unpaired) electrons. The average Bonchev–Trinajstić information content (AvgIpc) is 3.80. The second kappa shape index (κ2) is 16.8. The van der Waals surface area contributed by atoms with Gasteiger partial charge in [-0.05, 0) is 48.8 Å². The molecule has 18 nitrogen and oxygen atoms in total. The van der Waals surface area contributed by atoms with E-state index in [2.05, 4.69) is 16.0 Å². The van der Waals surface area contributed by atoms with Crippen molar-refractivity contribution in [3.63, 3.8) is 0 Å². The number of carboxylic acid groups (broad SMARTS) is 2. The first-order chi connectivity index (χ1) is 22.7. The molecule has 2 rings (SSSR count). The van der Waals surface area contributed by atoms with Crippen LogP contribution >= 0.6 is 0 Å². The maximum Gasteiger partial charge on any atom is 0.330 e. The number of phenolic OH excluding ortho intramolecular Hbond substituents is 1. The molecule has 1 fully saturated rings. The van der Waals surface area contributed by atoms with E-state index in [0.29, 0.717) is 10.5 Å². The summed E-state index contributed by atoms with van der Waals surface area (Å²) in [5.41, 5.74) is 15.3. The number of hydrogen-bond donors (Lipinski definition) is 9. The molecule has 0 aromatic heterocycles. The van der Waals surface area contributed by atoms with Crippen LogP contribution in [-0.4, -0.2) is 103 Å². The van der Waals surface area contributed by atoms with Crippen LogP contribution in [0.25, 0.3) is 0 Å². The molecule has 0 bridgehead atoms. The Kier molecular flexibility index (Phi) is 13.8. The number of primary amides is 1. The Morgan fingerprint density at radius 1 is 0.755 bits per heavy atom. The Labute approximate surface area is 282 Å². The highest BCUT2D eigenvalue weighted by molar-refractivity contribution is 6.08. The first-order valence-corrected chi connectivity index (χ1v) is 15.5. The first kappa shape index (κ1) is 40.1. The zero-order valence-corrected chi connectivity index (χ0v) is 27.7. The van der Waals surface area contributed by atoms with E-state index in [-0.39, 0.29) is 25.0 Å². The minimum Gasteiger partial charge on any atom is -0.508 e. The number of aromatic hydroxyl groups is 1. The molecule has 0 aliphatic heterocycles. The third kappa shape index (κ3) is 10.7. The number of rotatable bonds is 18. The lowest BCUT2D eigenvalue weighted by molar-refractivity contribution is -0.163. The molecule has 12 N–H and O–H groups in total. The number of carbonyl (C=O) groups excluding carboxylic acids is 6. The van der Waals surface area contributed by atoms with E-state index < -0.39 is 108 Å². The molecular weight excluding hydrogens is 646 g/mol. The van der Waals surface area contributed by atoms with Crippen LogP contribution in [0.3, 0.4) is 0 Å². The van der Waals surface area contributed by atoms with Gasteiger partial charge in [0.1, 0.15) is 29.4 Å². The SMILES string of the molecule is CC(C)[C@H](NC(=O)[C@@H](N)Cc1ccc(O)cc1)C(=O)N[C@H](C(=O)N(C(=O)[C@H](CC(=O)O)NC(=O)[C@@H](N)CC(N)=O)C1(C(=O)O)CC1)C(C)C. The molecule has 18 heteroatoms. The molecule has 0 heterocycles. The number of carboxylic acids is 2. The van der Waals surface area contributed by atoms with Crippen molar-refractivity contribution in [1.29, 1.82) is 0 Å². The summed E-state index contributed by atoms with van der Waals surface area (Å²) >= 11 is 0. The second-order valence-electron chi connectivity index (χ2n) is 12.7. The monoisotopic (exact) mass is 691 g/mol.